The quantitative estimate of drug-likeness (QED) is 0.0261. The number of carbonyl (C=O) groups excluding carboxylic acids is 3. The number of ether oxygens (including phenoxy) is 3. The lowest BCUT2D eigenvalue weighted by Crippen LogP contribution is -2.30. The van der Waals surface area contributed by atoms with Gasteiger partial charge in [0, 0.05) is 19.3 Å². The van der Waals surface area contributed by atoms with Crippen molar-refractivity contribution >= 4 is 17.9 Å². The molecule has 6 heteroatoms. The zero-order valence-electron chi connectivity index (χ0n) is 48.4. The third-order valence-electron chi connectivity index (χ3n) is 11.9. The Labute approximate surface area is 466 Å². The maximum atomic E-state index is 12.8. The molecule has 0 aliphatic rings. The molecule has 0 heterocycles. The van der Waals surface area contributed by atoms with Gasteiger partial charge in [-0.05, 0) is 148 Å². The highest BCUT2D eigenvalue weighted by Crippen LogP contribution is 2.12. The number of hydrogen-bond donors (Lipinski definition) is 0. The second-order valence-corrected chi connectivity index (χ2v) is 19.1. The molecule has 0 radical (unpaired) electrons. The molecule has 0 aliphatic carbocycles. The minimum absolute atomic E-state index is 0.118. The van der Waals surface area contributed by atoms with Crippen molar-refractivity contribution in [3.63, 3.8) is 0 Å². The normalized spacial score (nSPS) is 13.4. The largest absolute Gasteiger partial charge is 0.462 e. The lowest BCUT2D eigenvalue weighted by molar-refractivity contribution is -0.167. The lowest BCUT2D eigenvalue weighted by atomic mass is 10.1. The molecule has 0 rings (SSSR count). The van der Waals surface area contributed by atoms with Crippen LogP contribution in [0.3, 0.4) is 0 Å². The van der Waals surface area contributed by atoms with Crippen molar-refractivity contribution in [2.75, 3.05) is 13.2 Å². The molecule has 0 saturated carbocycles. The van der Waals surface area contributed by atoms with E-state index in [1.807, 2.05) is 0 Å². The van der Waals surface area contributed by atoms with Gasteiger partial charge >= 0.3 is 17.9 Å². The first-order chi connectivity index (χ1) is 37.5. The molecule has 0 aromatic rings. The summed E-state index contributed by atoms with van der Waals surface area (Å²) in [5.41, 5.74) is 0. The predicted molar refractivity (Wildman–Crippen MR) is 329 cm³/mol. The Hall–Kier alpha value is -5.23. The number of rotatable bonds is 52. The number of hydrogen-bond acceptors (Lipinski definition) is 6. The van der Waals surface area contributed by atoms with Crippen molar-refractivity contribution in [3.05, 3.63) is 170 Å². The number of carbonyl (C=O) groups is 3. The average Bonchev–Trinajstić information content (AvgIpc) is 3.42. The van der Waals surface area contributed by atoms with Crippen molar-refractivity contribution < 1.29 is 28.6 Å². The second kappa shape index (κ2) is 62.3. The van der Waals surface area contributed by atoms with Gasteiger partial charge in [-0.15, -0.1) is 0 Å². The Morgan fingerprint density at radius 2 is 0.513 bits per heavy atom. The van der Waals surface area contributed by atoms with E-state index >= 15 is 0 Å². The van der Waals surface area contributed by atoms with E-state index < -0.39 is 6.10 Å². The molecule has 0 bridgehead atoms. The van der Waals surface area contributed by atoms with Gasteiger partial charge in [-0.1, -0.05) is 236 Å². The molecule has 0 fully saturated rings. The summed E-state index contributed by atoms with van der Waals surface area (Å²) < 4.78 is 16.8. The maximum Gasteiger partial charge on any atom is 0.306 e. The summed E-state index contributed by atoms with van der Waals surface area (Å²) in [5, 5.41) is 0. The molecule has 1 atom stereocenters. The van der Waals surface area contributed by atoms with Crippen LogP contribution in [-0.4, -0.2) is 37.2 Å². The first kappa shape index (κ1) is 70.8. The summed E-state index contributed by atoms with van der Waals surface area (Å²) in [5.74, 6) is -1.01. The monoisotopic (exact) mass is 1040 g/mol. The van der Waals surface area contributed by atoms with Gasteiger partial charge < -0.3 is 14.2 Å². The van der Waals surface area contributed by atoms with E-state index in [-0.39, 0.29) is 37.5 Å². The van der Waals surface area contributed by atoms with E-state index in [9.17, 15) is 14.4 Å². The number of unbranched alkanes of at least 4 members (excludes halogenated alkanes) is 13. The Morgan fingerprint density at radius 3 is 0.829 bits per heavy atom. The van der Waals surface area contributed by atoms with Crippen LogP contribution in [-0.2, 0) is 28.6 Å². The molecule has 0 amide bonds. The summed E-state index contributed by atoms with van der Waals surface area (Å²) in [6, 6.07) is 0. The molecule has 0 aromatic carbocycles. The average molecular weight is 1050 g/mol. The highest BCUT2D eigenvalue weighted by molar-refractivity contribution is 5.71. The highest BCUT2D eigenvalue weighted by atomic mass is 16.6. The second-order valence-electron chi connectivity index (χ2n) is 19.1. The Bertz CT molecular complexity index is 1770. The van der Waals surface area contributed by atoms with Gasteiger partial charge in [-0.2, -0.15) is 0 Å². The van der Waals surface area contributed by atoms with Gasteiger partial charge in [0.2, 0.25) is 0 Å². The first-order valence-electron chi connectivity index (χ1n) is 30.1. The lowest BCUT2D eigenvalue weighted by Gasteiger charge is -2.18. The summed E-state index contributed by atoms with van der Waals surface area (Å²) in [6.45, 7) is 6.28. The molecule has 0 spiro atoms. The summed E-state index contributed by atoms with van der Waals surface area (Å²) in [6.07, 6.45) is 92.1. The van der Waals surface area contributed by atoms with E-state index in [1.54, 1.807) is 0 Å². The topological polar surface area (TPSA) is 78.9 Å². The van der Waals surface area contributed by atoms with Gasteiger partial charge in [0.25, 0.3) is 0 Å². The van der Waals surface area contributed by atoms with Gasteiger partial charge in [-0.25, -0.2) is 0 Å². The molecular formula is C70H108O6. The Morgan fingerprint density at radius 1 is 0.276 bits per heavy atom. The summed E-state index contributed by atoms with van der Waals surface area (Å²) in [7, 11) is 0. The fourth-order valence-electron chi connectivity index (χ4n) is 7.46. The van der Waals surface area contributed by atoms with Crippen LogP contribution in [0, 0.1) is 0 Å². The SMILES string of the molecule is CC/C=C\C/C=C\C/C=C\C/C=C\C/C=C\C/C=C\C/C=C\C/C=C\CCCCCCC(=O)OCC(COC(=O)CCCCCCC/C=C\C/C=C\CCCC)OC(=O)CCCC/C=C\C/C=C\C/C=C\C/C=C\CC. The van der Waals surface area contributed by atoms with E-state index in [2.05, 4.69) is 191 Å². The molecule has 1 unspecified atom stereocenters. The predicted octanol–water partition coefficient (Wildman–Crippen LogP) is 20.7. The van der Waals surface area contributed by atoms with Crippen molar-refractivity contribution in [3.8, 4) is 0 Å². The van der Waals surface area contributed by atoms with Gasteiger partial charge in [0.05, 0.1) is 0 Å². The van der Waals surface area contributed by atoms with Crippen LogP contribution in [0.4, 0.5) is 0 Å². The van der Waals surface area contributed by atoms with Crippen LogP contribution in [0.2, 0.25) is 0 Å². The molecule has 0 aromatic heterocycles. The molecule has 0 aliphatic heterocycles. The third-order valence-corrected chi connectivity index (χ3v) is 11.9. The number of allylic oxidation sites excluding steroid dienone is 28. The molecule has 6 nitrogen and oxygen atoms in total. The minimum atomic E-state index is -0.826. The minimum Gasteiger partial charge on any atom is -0.462 e. The molecule has 0 N–H and O–H groups in total. The molecule has 424 valence electrons. The van der Waals surface area contributed by atoms with E-state index in [4.69, 9.17) is 14.2 Å². The fourth-order valence-corrected chi connectivity index (χ4v) is 7.46. The molecule has 76 heavy (non-hydrogen) atoms. The zero-order valence-corrected chi connectivity index (χ0v) is 48.4. The third kappa shape index (κ3) is 59.6. The zero-order chi connectivity index (χ0) is 55.0. The Balaban J connectivity index is 4.46. The smallest absolute Gasteiger partial charge is 0.306 e. The highest BCUT2D eigenvalue weighted by Gasteiger charge is 2.19. The van der Waals surface area contributed by atoms with Gasteiger partial charge in [0.15, 0.2) is 6.10 Å². The van der Waals surface area contributed by atoms with E-state index in [0.717, 1.165) is 167 Å². The molecule has 0 saturated heterocycles. The first-order valence-corrected chi connectivity index (χ1v) is 30.1. The van der Waals surface area contributed by atoms with Crippen LogP contribution in [0.25, 0.3) is 0 Å². The summed E-state index contributed by atoms with van der Waals surface area (Å²) >= 11 is 0. The van der Waals surface area contributed by atoms with Crippen molar-refractivity contribution in [2.24, 2.45) is 0 Å². The summed E-state index contributed by atoms with van der Waals surface area (Å²) in [4.78, 5) is 38.2. The van der Waals surface area contributed by atoms with Crippen molar-refractivity contribution in [1.29, 1.82) is 0 Å². The molecular weight excluding hydrogens is 937 g/mol. The van der Waals surface area contributed by atoms with Crippen LogP contribution >= 0.6 is 0 Å². The van der Waals surface area contributed by atoms with Crippen LogP contribution < -0.4 is 0 Å². The maximum absolute atomic E-state index is 12.8. The van der Waals surface area contributed by atoms with Crippen LogP contribution in [0.15, 0.2) is 170 Å². The van der Waals surface area contributed by atoms with Gasteiger partial charge in [-0.3, -0.25) is 14.4 Å². The van der Waals surface area contributed by atoms with Crippen molar-refractivity contribution in [2.45, 2.75) is 239 Å². The van der Waals surface area contributed by atoms with Crippen LogP contribution in [0.5, 0.6) is 0 Å². The van der Waals surface area contributed by atoms with Crippen molar-refractivity contribution in [1.82, 2.24) is 0 Å². The Kier molecular flexibility index (Phi) is 58.0. The van der Waals surface area contributed by atoms with Gasteiger partial charge in [0.1, 0.15) is 13.2 Å². The van der Waals surface area contributed by atoms with E-state index in [0.29, 0.717) is 19.3 Å². The fraction of sp³-hybridized carbons (Fsp3) is 0.557. The number of esters is 3. The van der Waals surface area contributed by atoms with E-state index in [1.165, 1.54) is 19.3 Å². The standard InChI is InChI=1S/C70H108O6/c1-4-7-10-13-16-19-22-25-28-29-30-31-32-33-34-35-36-37-38-39-40-41-43-45-48-51-54-57-60-63-69(72)75-66-67(65-74-68(71)62-59-56-53-50-47-44-27-24-21-18-15-12-9-6-3)76-70(73)64-61-58-55-52-49-46-42-26-23-20-17-14-11-8-5-2/h7-8,10-11,15-20,24-28,30-31,33-34,36-37,39-40,42-43,45,49,52,67H,4-6,9,12-14,21-23,29,32,35,38,41,44,46-48,50-51,53-66H2,1-3H3/b10-7-,11-8-,18-15-,19-16-,20-17-,27-24-,28-25-,31-30-,34-33-,37-36-,40-39-,42-26-,45-43-,52-49-. The van der Waals surface area contributed by atoms with Crippen LogP contribution in [0.1, 0.15) is 233 Å².